The molecular weight excluding hydrogens is 680 g/mol. The monoisotopic (exact) mass is 742 g/mol. The van der Waals surface area contributed by atoms with Gasteiger partial charge in [-0.3, -0.25) is 4.79 Å². The van der Waals surface area contributed by atoms with E-state index >= 15 is 0 Å². The zero-order valence-corrected chi connectivity index (χ0v) is 34.1. The largest absolute Gasteiger partial charge is 0.461 e. The molecule has 54 heavy (non-hydrogen) atoms. The van der Waals surface area contributed by atoms with Crippen LogP contribution in [0, 0.1) is 50.2 Å². The molecule has 1 N–H and O–H groups in total. The summed E-state index contributed by atoms with van der Waals surface area (Å²) in [5.41, 5.74) is -0.846. The lowest BCUT2D eigenvalue weighted by molar-refractivity contribution is -0.251. The van der Waals surface area contributed by atoms with Gasteiger partial charge in [-0.15, -0.1) is 0 Å². The molecule has 0 aliphatic heterocycles. The predicted octanol–water partition coefficient (Wildman–Crippen LogP) is 8.61. The van der Waals surface area contributed by atoms with Crippen LogP contribution in [0.3, 0.4) is 0 Å². The third-order valence-corrected chi connectivity index (χ3v) is 15.9. The first-order chi connectivity index (χ1) is 25.2. The zero-order chi connectivity index (χ0) is 39.6. The van der Waals surface area contributed by atoms with Gasteiger partial charge in [-0.05, 0) is 104 Å². The van der Waals surface area contributed by atoms with Gasteiger partial charge in [0.05, 0.1) is 6.10 Å². The van der Waals surface area contributed by atoms with Crippen molar-refractivity contribution >= 4 is 30.3 Å². The summed E-state index contributed by atoms with van der Waals surface area (Å²) in [5.74, 6) is -1.57. The van der Waals surface area contributed by atoms with Crippen molar-refractivity contribution in [3.8, 4) is 0 Å². The summed E-state index contributed by atoms with van der Waals surface area (Å²) in [4.78, 5) is 54.7. The second kappa shape index (κ2) is 13.9. The van der Waals surface area contributed by atoms with Gasteiger partial charge >= 0.3 is 17.9 Å². The van der Waals surface area contributed by atoms with Crippen LogP contribution in [0.5, 0.6) is 0 Å². The molecule has 3 unspecified atom stereocenters. The minimum atomic E-state index is -1.53. The third kappa shape index (κ3) is 6.04. The van der Waals surface area contributed by atoms with Crippen molar-refractivity contribution in [3.63, 3.8) is 0 Å². The van der Waals surface area contributed by atoms with Crippen molar-refractivity contribution in [1.82, 2.24) is 0 Å². The Labute approximate surface area is 322 Å². The standard InChI is InChI=1S/C46H62O8/c1-11-28(2)40(51)54-38-39(53-37(50)20-17-30-15-13-12-14-16-30)46(27-47)32(25-41(38,4)5)31-18-19-34-43(8)23-22-35(49)42(6,7)33(43)21-24-44(34,9)45(31,10)26-36(46)52-29(3)48/h11-18,20,27,32-36,38-39,49H,19,21-26H2,1-10H3/b20-17+,28-11-/t32?,33?,34?,35-,36+,38-,39-,43-,44+,45+,46-/m0/s1. The summed E-state index contributed by atoms with van der Waals surface area (Å²) in [7, 11) is 0. The average molecular weight is 743 g/mol. The maximum atomic E-state index is 14.2. The van der Waals surface area contributed by atoms with Gasteiger partial charge in [0, 0.05) is 29.9 Å². The summed E-state index contributed by atoms with van der Waals surface area (Å²) in [6.45, 7) is 20.4. The summed E-state index contributed by atoms with van der Waals surface area (Å²) in [6, 6.07) is 9.37. The van der Waals surface area contributed by atoms with Crippen LogP contribution in [0.4, 0.5) is 0 Å². The minimum Gasteiger partial charge on any atom is -0.461 e. The van der Waals surface area contributed by atoms with Crippen LogP contribution < -0.4 is 0 Å². The molecule has 1 aromatic rings. The second-order valence-corrected chi connectivity index (χ2v) is 19.2. The van der Waals surface area contributed by atoms with Crippen molar-refractivity contribution in [3.05, 3.63) is 65.3 Å². The maximum Gasteiger partial charge on any atom is 0.333 e. The average Bonchev–Trinajstić information content (AvgIpc) is 3.10. The van der Waals surface area contributed by atoms with Gasteiger partial charge in [-0.25, -0.2) is 9.59 Å². The highest BCUT2D eigenvalue weighted by molar-refractivity contribution is 5.89. The lowest BCUT2D eigenvalue weighted by Crippen LogP contribution is -2.72. The van der Waals surface area contributed by atoms with Crippen LogP contribution in [0.25, 0.3) is 6.08 Å². The molecule has 0 saturated heterocycles. The van der Waals surface area contributed by atoms with E-state index in [4.69, 9.17) is 14.2 Å². The molecule has 0 radical (unpaired) electrons. The molecule has 11 atom stereocenters. The molecular formula is C46H62O8. The third-order valence-electron chi connectivity index (χ3n) is 15.9. The number of allylic oxidation sites excluding steroid dienone is 3. The Hall–Kier alpha value is -3.52. The van der Waals surface area contributed by atoms with Crippen LogP contribution >= 0.6 is 0 Å². The van der Waals surface area contributed by atoms with E-state index < -0.39 is 58.4 Å². The second-order valence-electron chi connectivity index (χ2n) is 19.2. The lowest BCUT2D eigenvalue weighted by atomic mass is 9.33. The van der Waals surface area contributed by atoms with Crippen LogP contribution in [-0.4, -0.2) is 53.7 Å². The topological polar surface area (TPSA) is 116 Å². The first-order valence-electron chi connectivity index (χ1n) is 20.0. The fourth-order valence-electron chi connectivity index (χ4n) is 12.6. The quantitative estimate of drug-likeness (QED) is 0.0971. The smallest absolute Gasteiger partial charge is 0.333 e. The fourth-order valence-corrected chi connectivity index (χ4v) is 12.6. The minimum absolute atomic E-state index is 0.0180. The van der Waals surface area contributed by atoms with E-state index in [0.717, 1.165) is 49.5 Å². The number of benzene rings is 1. The molecule has 6 rings (SSSR count). The van der Waals surface area contributed by atoms with Gasteiger partial charge in [0.15, 0.2) is 6.10 Å². The number of esters is 3. The number of carbonyl (C=O) groups excluding carboxylic acids is 4. The SMILES string of the molecule is C/C=C(/C)C(=O)O[C@H]1[C@H](OC(=O)/C=C/c2ccccc2)[C@@]2(C=O)C(CC1(C)C)C1=CCC3[C@@]4(C)CC[C@H](O)C(C)(C)C4CC[C@@]3(C)[C@]1(C)C[C@H]2OC(C)=O. The van der Waals surface area contributed by atoms with E-state index in [-0.39, 0.29) is 22.3 Å². The van der Waals surface area contributed by atoms with Crippen molar-refractivity contribution in [2.75, 3.05) is 0 Å². The summed E-state index contributed by atoms with van der Waals surface area (Å²) < 4.78 is 19.0. The molecule has 0 amide bonds. The number of fused-ring (bicyclic) bond motifs is 7. The molecule has 0 spiro atoms. The van der Waals surface area contributed by atoms with Gasteiger partial charge < -0.3 is 24.1 Å². The molecule has 8 nitrogen and oxygen atoms in total. The lowest BCUT2D eigenvalue weighted by Gasteiger charge is -2.72. The van der Waals surface area contributed by atoms with E-state index in [9.17, 15) is 24.3 Å². The summed E-state index contributed by atoms with van der Waals surface area (Å²) in [6.07, 6.45) is 9.55. The fraction of sp³-hybridized carbons (Fsp3) is 0.652. The van der Waals surface area contributed by atoms with Crippen molar-refractivity contribution in [2.24, 2.45) is 50.2 Å². The Morgan fingerprint density at radius 2 is 1.54 bits per heavy atom. The predicted molar refractivity (Wildman–Crippen MR) is 207 cm³/mol. The van der Waals surface area contributed by atoms with E-state index in [0.29, 0.717) is 30.3 Å². The van der Waals surface area contributed by atoms with Gasteiger partial charge in [0.1, 0.15) is 23.9 Å². The summed E-state index contributed by atoms with van der Waals surface area (Å²) in [5, 5.41) is 11.2. The van der Waals surface area contributed by atoms with Gasteiger partial charge in [0.25, 0.3) is 0 Å². The molecule has 0 bridgehead atoms. The van der Waals surface area contributed by atoms with Gasteiger partial charge in [0.2, 0.25) is 0 Å². The van der Waals surface area contributed by atoms with Crippen LogP contribution in [0.15, 0.2) is 59.7 Å². The number of carbonyl (C=O) groups is 4. The highest BCUT2D eigenvalue weighted by Crippen LogP contribution is 2.76. The Morgan fingerprint density at radius 1 is 0.852 bits per heavy atom. The van der Waals surface area contributed by atoms with Crippen LogP contribution in [-0.2, 0) is 33.4 Å². The highest BCUT2D eigenvalue weighted by atomic mass is 16.6. The number of rotatable bonds is 7. The van der Waals surface area contributed by atoms with E-state index in [1.165, 1.54) is 13.0 Å². The first-order valence-corrected chi connectivity index (χ1v) is 20.0. The Bertz CT molecular complexity index is 1750. The zero-order valence-electron chi connectivity index (χ0n) is 34.1. The normalized spacial score (nSPS) is 40.8. The number of aldehydes is 1. The molecule has 5 aliphatic rings. The van der Waals surface area contributed by atoms with Crippen LogP contribution in [0.2, 0.25) is 0 Å². The first kappa shape index (κ1) is 40.2. The van der Waals surface area contributed by atoms with Crippen molar-refractivity contribution < 1.29 is 38.5 Å². The highest BCUT2D eigenvalue weighted by Gasteiger charge is 2.74. The van der Waals surface area contributed by atoms with Gasteiger partial charge in [-0.1, -0.05) is 96.5 Å². The Morgan fingerprint density at radius 3 is 2.17 bits per heavy atom. The summed E-state index contributed by atoms with van der Waals surface area (Å²) >= 11 is 0. The van der Waals surface area contributed by atoms with Crippen molar-refractivity contribution in [2.45, 2.75) is 139 Å². The molecule has 0 aromatic heterocycles. The number of ether oxygens (including phenoxy) is 3. The maximum absolute atomic E-state index is 14.2. The number of aliphatic hydroxyl groups excluding tert-OH is 1. The van der Waals surface area contributed by atoms with E-state index in [2.05, 4.69) is 40.7 Å². The number of aliphatic hydroxyl groups is 1. The number of hydrogen-bond donors (Lipinski definition) is 1. The Kier molecular flexibility index (Phi) is 10.3. The molecule has 4 fully saturated rings. The molecule has 4 saturated carbocycles. The van der Waals surface area contributed by atoms with E-state index in [1.807, 2.05) is 44.2 Å². The molecule has 294 valence electrons. The van der Waals surface area contributed by atoms with Crippen LogP contribution in [0.1, 0.15) is 120 Å². The Balaban J connectivity index is 1.51. The molecule has 1 aromatic carbocycles. The van der Waals surface area contributed by atoms with E-state index in [1.54, 1.807) is 26.0 Å². The van der Waals surface area contributed by atoms with Crippen molar-refractivity contribution in [1.29, 1.82) is 0 Å². The number of hydrogen-bond acceptors (Lipinski definition) is 8. The van der Waals surface area contributed by atoms with Gasteiger partial charge in [-0.2, -0.15) is 0 Å². The molecule has 5 aliphatic carbocycles. The molecule has 8 heteroatoms. The molecule has 0 heterocycles.